The van der Waals surface area contributed by atoms with E-state index in [1.54, 1.807) is 11.3 Å². The molecule has 2 heteroatoms. The van der Waals surface area contributed by atoms with Crippen molar-refractivity contribution in [2.24, 2.45) is 0 Å². The first kappa shape index (κ1) is 8.47. The predicted octanol–water partition coefficient (Wildman–Crippen LogP) is 3.35. The Morgan fingerprint density at radius 3 is 3.00 bits per heavy atom. The van der Waals surface area contributed by atoms with Crippen molar-refractivity contribution >= 4 is 16.9 Å². The van der Waals surface area contributed by atoms with Gasteiger partial charge in [0.15, 0.2) is 0 Å². The third-order valence-electron chi connectivity index (χ3n) is 1.57. The molecular formula is C9H13NS. The van der Waals surface area contributed by atoms with Crippen LogP contribution in [0.5, 0.6) is 0 Å². The van der Waals surface area contributed by atoms with Crippen molar-refractivity contribution in [2.45, 2.75) is 26.7 Å². The fourth-order valence-corrected chi connectivity index (χ4v) is 1.77. The first-order valence-electron chi connectivity index (χ1n) is 3.93. The van der Waals surface area contributed by atoms with Crippen LogP contribution < -0.4 is 0 Å². The Balaban J connectivity index is 2.72. The van der Waals surface area contributed by atoms with Gasteiger partial charge in [-0.15, -0.1) is 11.3 Å². The summed E-state index contributed by atoms with van der Waals surface area (Å²) in [6.07, 6.45) is 6.35. The molecule has 0 atom stereocenters. The number of allylic oxidation sites excluding steroid dienone is 2. The number of thiazole rings is 1. The Morgan fingerprint density at radius 1 is 1.73 bits per heavy atom. The van der Waals surface area contributed by atoms with E-state index in [0.717, 1.165) is 6.42 Å². The monoisotopic (exact) mass is 167 g/mol. The van der Waals surface area contributed by atoms with Crippen LogP contribution in [0.25, 0.3) is 5.57 Å². The van der Waals surface area contributed by atoms with E-state index in [1.807, 2.05) is 11.6 Å². The zero-order chi connectivity index (χ0) is 8.10. The lowest BCUT2D eigenvalue weighted by molar-refractivity contribution is 0.969. The zero-order valence-corrected chi connectivity index (χ0v) is 7.82. The summed E-state index contributed by atoms with van der Waals surface area (Å²) in [5.74, 6) is 0. The molecule has 0 amide bonds. The number of aromatic nitrogens is 1. The van der Waals surface area contributed by atoms with Gasteiger partial charge in [0.1, 0.15) is 5.01 Å². The van der Waals surface area contributed by atoms with Crippen LogP contribution in [0.3, 0.4) is 0 Å². The van der Waals surface area contributed by atoms with Crippen molar-refractivity contribution in [3.63, 3.8) is 0 Å². The molecule has 0 radical (unpaired) electrons. The number of nitrogens with zero attached hydrogens (tertiary/aromatic N) is 1. The van der Waals surface area contributed by atoms with Gasteiger partial charge in [0.2, 0.25) is 0 Å². The van der Waals surface area contributed by atoms with E-state index in [1.165, 1.54) is 17.0 Å². The summed E-state index contributed by atoms with van der Waals surface area (Å²) in [4.78, 5) is 4.26. The highest BCUT2D eigenvalue weighted by molar-refractivity contribution is 7.10. The van der Waals surface area contributed by atoms with Gasteiger partial charge in [-0.05, 0) is 18.9 Å². The second-order valence-electron chi connectivity index (χ2n) is 2.40. The van der Waals surface area contributed by atoms with Gasteiger partial charge in [-0.2, -0.15) is 0 Å². The highest BCUT2D eigenvalue weighted by atomic mass is 32.1. The maximum atomic E-state index is 4.26. The van der Waals surface area contributed by atoms with Gasteiger partial charge in [-0.1, -0.05) is 19.4 Å². The Labute approximate surface area is 71.8 Å². The van der Waals surface area contributed by atoms with Crippen LogP contribution in [0.2, 0.25) is 0 Å². The molecule has 0 fully saturated rings. The van der Waals surface area contributed by atoms with Gasteiger partial charge in [-0.3, -0.25) is 0 Å². The van der Waals surface area contributed by atoms with Crippen LogP contribution in [0.1, 0.15) is 31.7 Å². The first-order valence-corrected chi connectivity index (χ1v) is 4.81. The van der Waals surface area contributed by atoms with Gasteiger partial charge in [0.25, 0.3) is 0 Å². The summed E-state index contributed by atoms with van der Waals surface area (Å²) >= 11 is 1.72. The molecule has 0 saturated heterocycles. The molecule has 0 bridgehead atoms. The molecule has 0 N–H and O–H groups in total. The molecule has 0 aliphatic heterocycles. The van der Waals surface area contributed by atoms with E-state index in [2.05, 4.69) is 24.9 Å². The van der Waals surface area contributed by atoms with Gasteiger partial charge >= 0.3 is 0 Å². The zero-order valence-electron chi connectivity index (χ0n) is 7.00. The highest BCUT2D eigenvalue weighted by Gasteiger charge is 2.00. The molecule has 1 heterocycles. The lowest BCUT2D eigenvalue weighted by atomic mass is 10.1. The minimum atomic E-state index is 1.14. The average molecular weight is 167 g/mol. The normalized spacial score (nSPS) is 12.0. The molecule has 11 heavy (non-hydrogen) atoms. The molecule has 60 valence electrons. The second-order valence-corrected chi connectivity index (χ2v) is 3.30. The van der Waals surface area contributed by atoms with Gasteiger partial charge in [-0.25, -0.2) is 4.98 Å². The minimum Gasteiger partial charge on any atom is -0.245 e. The van der Waals surface area contributed by atoms with E-state index in [4.69, 9.17) is 0 Å². The van der Waals surface area contributed by atoms with Crippen LogP contribution in [0.15, 0.2) is 17.7 Å². The van der Waals surface area contributed by atoms with Crippen LogP contribution in [0, 0.1) is 0 Å². The maximum Gasteiger partial charge on any atom is 0.118 e. The summed E-state index contributed by atoms with van der Waals surface area (Å²) in [7, 11) is 0. The molecule has 0 unspecified atom stereocenters. The van der Waals surface area contributed by atoms with E-state index >= 15 is 0 Å². The summed E-state index contributed by atoms with van der Waals surface area (Å²) in [5.41, 5.74) is 1.38. The van der Waals surface area contributed by atoms with E-state index in [9.17, 15) is 0 Å². The SMILES string of the molecule is CC=C(CCC)c1nccs1. The van der Waals surface area contributed by atoms with E-state index in [0.29, 0.717) is 0 Å². The van der Waals surface area contributed by atoms with Crippen LogP contribution >= 0.6 is 11.3 Å². The van der Waals surface area contributed by atoms with Gasteiger partial charge in [0, 0.05) is 11.6 Å². The third kappa shape index (κ3) is 2.15. The molecule has 1 aromatic heterocycles. The largest absolute Gasteiger partial charge is 0.245 e. The smallest absolute Gasteiger partial charge is 0.118 e. The third-order valence-corrected chi connectivity index (χ3v) is 2.42. The van der Waals surface area contributed by atoms with Crippen LogP contribution in [0.4, 0.5) is 0 Å². The topological polar surface area (TPSA) is 12.9 Å². The van der Waals surface area contributed by atoms with Gasteiger partial charge in [0.05, 0.1) is 0 Å². The molecular weight excluding hydrogens is 154 g/mol. The molecule has 1 nitrogen and oxygen atoms in total. The minimum absolute atomic E-state index is 1.14. The standard InChI is InChI=1S/C9H13NS/c1-3-5-8(4-2)9-10-6-7-11-9/h4,6-7H,3,5H2,1-2H3. The Hall–Kier alpha value is -0.630. The Morgan fingerprint density at radius 2 is 2.55 bits per heavy atom. The predicted molar refractivity (Wildman–Crippen MR) is 50.7 cm³/mol. The van der Waals surface area contributed by atoms with Crippen molar-refractivity contribution < 1.29 is 0 Å². The molecule has 0 aromatic carbocycles. The highest BCUT2D eigenvalue weighted by Crippen LogP contribution is 2.21. The van der Waals surface area contributed by atoms with Gasteiger partial charge < -0.3 is 0 Å². The number of hydrogen-bond donors (Lipinski definition) is 0. The quantitative estimate of drug-likeness (QED) is 0.672. The second kappa shape index (κ2) is 4.29. The average Bonchev–Trinajstić information content (AvgIpc) is 2.52. The fourth-order valence-electron chi connectivity index (χ4n) is 1.03. The first-order chi connectivity index (χ1) is 5.38. The molecule has 0 aliphatic rings. The summed E-state index contributed by atoms with van der Waals surface area (Å²) in [5, 5.41) is 3.20. The van der Waals surface area contributed by atoms with Crippen molar-refractivity contribution in [1.82, 2.24) is 4.98 Å². The fraction of sp³-hybridized carbons (Fsp3) is 0.444. The molecule has 1 rings (SSSR count). The molecule has 0 aliphatic carbocycles. The van der Waals surface area contributed by atoms with Crippen molar-refractivity contribution in [3.8, 4) is 0 Å². The summed E-state index contributed by atoms with van der Waals surface area (Å²) in [6.45, 7) is 4.27. The van der Waals surface area contributed by atoms with E-state index in [-0.39, 0.29) is 0 Å². The lowest BCUT2D eigenvalue weighted by Crippen LogP contribution is -1.80. The summed E-state index contributed by atoms with van der Waals surface area (Å²) in [6, 6.07) is 0. The Kier molecular flexibility index (Phi) is 3.30. The number of hydrogen-bond acceptors (Lipinski definition) is 2. The van der Waals surface area contributed by atoms with Crippen molar-refractivity contribution in [1.29, 1.82) is 0 Å². The molecule has 0 spiro atoms. The molecule has 0 saturated carbocycles. The van der Waals surface area contributed by atoms with E-state index < -0.39 is 0 Å². The maximum absolute atomic E-state index is 4.26. The summed E-state index contributed by atoms with van der Waals surface area (Å²) < 4.78 is 0. The van der Waals surface area contributed by atoms with Crippen molar-refractivity contribution in [3.05, 3.63) is 22.7 Å². The van der Waals surface area contributed by atoms with Crippen LogP contribution in [-0.4, -0.2) is 4.98 Å². The molecule has 1 aromatic rings. The van der Waals surface area contributed by atoms with Crippen molar-refractivity contribution in [2.75, 3.05) is 0 Å². The van der Waals surface area contributed by atoms with Crippen LogP contribution in [-0.2, 0) is 0 Å². The lowest BCUT2D eigenvalue weighted by Gasteiger charge is -1.98. The number of rotatable bonds is 3. The Bertz CT molecular complexity index is 224.